The lowest BCUT2D eigenvalue weighted by molar-refractivity contribution is 0.0935. The monoisotopic (exact) mass is 376 g/mol. The maximum atomic E-state index is 12.6. The molecule has 5 nitrogen and oxygen atoms in total. The molecule has 0 unspecified atom stereocenters. The van der Waals surface area contributed by atoms with Crippen LogP contribution in [-0.4, -0.2) is 46.9 Å². The molecule has 0 radical (unpaired) electrons. The van der Waals surface area contributed by atoms with Crippen molar-refractivity contribution >= 4 is 33.8 Å². The normalized spacial score (nSPS) is 12.7. The van der Waals surface area contributed by atoms with Crippen LogP contribution < -0.4 is 5.32 Å². The molecule has 0 spiro atoms. The second-order valence-electron chi connectivity index (χ2n) is 6.12. The number of hydrogen-bond donors (Lipinski definition) is 1. The van der Waals surface area contributed by atoms with Gasteiger partial charge in [-0.15, -0.1) is 11.3 Å². The van der Waals surface area contributed by atoms with Gasteiger partial charge >= 0.3 is 0 Å². The average molecular weight is 377 g/mol. The first-order valence-corrected chi connectivity index (χ1v) is 9.43. The highest BCUT2D eigenvalue weighted by molar-refractivity contribution is 7.15. The van der Waals surface area contributed by atoms with Crippen LogP contribution in [-0.2, 0) is 0 Å². The molecular formula is C18H21ClN4OS. The van der Waals surface area contributed by atoms with Gasteiger partial charge in [-0.1, -0.05) is 36.7 Å². The Morgan fingerprint density at radius 3 is 2.84 bits per heavy atom. The Bertz CT molecular complexity index is 886. The van der Waals surface area contributed by atoms with Crippen molar-refractivity contribution in [3.05, 3.63) is 46.6 Å². The Morgan fingerprint density at radius 1 is 1.40 bits per heavy atom. The number of benzene rings is 1. The van der Waals surface area contributed by atoms with Gasteiger partial charge in [0.15, 0.2) is 4.96 Å². The summed E-state index contributed by atoms with van der Waals surface area (Å²) in [6, 6.07) is 7.90. The summed E-state index contributed by atoms with van der Waals surface area (Å²) in [4.78, 5) is 20.1. The van der Waals surface area contributed by atoms with Gasteiger partial charge in [0, 0.05) is 29.7 Å². The second-order valence-corrected chi connectivity index (χ2v) is 7.36. The van der Waals surface area contributed by atoms with Crippen molar-refractivity contribution in [1.29, 1.82) is 0 Å². The van der Waals surface area contributed by atoms with Gasteiger partial charge in [-0.3, -0.25) is 9.20 Å². The van der Waals surface area contributed by atoms with E-state index in [0.29, 0.717) is 23.3 Å². The Balaban J connectivity index is 1.83. The number of carbonyl (C=O) groups is 1. The number of carbonyl (C=O) groups excluding carboxylic acids is 1. The zero-order valence-corrected chi connectivity index (χ0v) is 16.1. The molecule has 1 aromatic carbocycles. The number of imidazole rings is 1. The summed E-state index contributed by atoms with van der Waals surface area (Å²) >= 11 is 7.70. The third-order valence-electron chi connectivity index (χ3n) is 4.29. The summed E-state index contributed by atoms with van der Waals surface area (Å²) in [7, 11) is 4.05. The van der Waals surface area contributed by atoms with E-state index in [9.17, 15) is 4.79 Å². The van der Waals surface area contributed by atoms with Gasteiger partial charge in [-0.2, -0.15) is 0 Å². The van der Waals surface area contributed by atoms with Crippen LogP contribution in [0.4, 0.5) is 0 Å². The first kappa shape index (κ1) is 17.9. The van der Waals surface area contributed by atoms with Gasteiger partial charge in [-0.25, -0.2) is 4.98 Å². The van der Waals surface area contributed by atoms with E-state index in [1.807, 2.05) is 54.3 Å². The molecule has 1 atom stereocenters. The molecule has 0 bridgehead atoms. The summed E-state index contributed by atoms with van der Waals surface area (Å²) in [5.74, 6) is -0.0883. The Kier molecular flexibility index (Phi) is 5.42. The van der Waals surface area contributed by atoms with Crippen LogP contribution in [0.3, 0.4) is 0 Å². The molecule has 0 saturated carbocycles. The van der Waals surface area contributed by atoms with Crippen LogP contribution >= 0.6 is 22.9 Å². The maximum Gasteiger partial charge on any atom is 0.269 e. The second kappa shape index (κ2) is 7.56. The lowest BCUT2D eigenvalue weighted by Crippen LogP contribution is -2.40. The number of amides is 1. The predicted octanol–water partition coefficient (Wildman–Crippen LogP) is 3.79. The van der Waals surface area contributed by atoms with Crippen molar-refractivity contribution in [2.24, 2.45) is 0 Å². The molecule has 0 fully saturated rings. The SMILES string of the molecule is CC[C@@H](CNC(=O)c1csc2nc(-c3ccccc3Cl)cn12)N(C)C. The zero-order chi connectivity index (χ0) is 18.0. The van der Waals surface area contributed by atoms with E-state index in [0.717, 1.165) is 22.6 Å². The first-order valence-electron chi connectivity index (χ1n) is 8.17. The number of thiazole rings is 1. The van der Waals surface area contributed by atoms with Crippen LogP contribution in [0.5, 0.6) is 0 Å². The summed E-state index contributed by atoms with van der Waals surface area (Å²) in [6.07, 6.45) is 2.85. The van der Waals surface area contributed by atoms with E-state index in [1.165, 1.54) is 11.3 Å². The van der Waals surface area contributed by atoms with E-state index in [1.54, 1.807) is 0 Å². The fourth-order valence-electron chi connectivity index (χ4n) is 2.74. The molecular weight excluding hydrogens is 356 g/mol. The molecule has 0 aliphatic heterocycles. The van der Waals surface area contributed by atoms with Gasteiger partial charge in [0.1, 0.15) is 5.69 Å². The first-order chi connectivity index (χ1) is 12.0. The highest BCUT2D eigenvalue weighted by Crippen LogP contribution is 2.29. The maximum absolute atomic E-state index is 12.6. The molecule has 0 saturated heterocycles. The van der Waals surface area contributed by atoms with E-state index in [-0.39, 0.29) is 5.91 Å². The zero-order valence-electron chi connectivity index (χ0n) is 14.5. The van der Waals surface area contributed by atoms with Gasteiger partial charge in [-0.05, 0) is 26.6 Å². The molecule has 1 amide bonds. The summed E-state index contributed by atoms with van der Waals surface area (Å²) in [6.45, 7) is 2.73. The Labute approximate surface area is 156 Å². The molecule has 3 rings (SSSR count). The van der Waals surface area contributed by atoms with Gasteiger partial charge in [0.2, 0.25) is 0 Å². The van der Waals surface area contributed by atoms with Crippen LogP contribution in [0.15, 0.2) is 35.8 Å². The van der Waals surface area contributed by atoms with Gasteiger partial charge < -0.3 is 10.2 Å². The lowest BCUT2D eigenvalue weighted by Gasteiger charge is -2.22. The van der Waals surface area contributed by atoms with E-state index < -0.39 is 0 Å². The van der Waals surface area contributed by atoms with Crippen molar-refractivity contribution < 1.29 is 4.79 Å². The lowest BCUT2D eigenvalue weighted by atomic mass is 10.2. The molecule has 3 aromatic rings. The van der Waals surface area contributed by atoms with Crippen molar-refractivity contribution in [3.8, 4) is 11.3 Å². The fraction of sp³-hybridized carbons (Fsp3) is 0.333. The number of hydrogen-bond acceptors (Lipinski definition) is 4. The van der Waals surface area contributed by atoms with Crippen LogP contribution in [0, 0.1) is 0 Å². The molecule has 2 heterocycles. The number of nitrogens with one attached hydrogen (secondary N) is 1. The number of fused-ring (bicyclic) bond motifs is 1. The standard InChI is InChI=1S/C18H21ClN4OS/c1-4-12(22(2)3)9-20-17(24)16-11-25-18-21-15(10-23(16)18)13-7-5-6-8-14(13)19/h5-8,10-12H,4,9H2,1-3H3,(H,20,24)/t12-/m0/s1. The molecule has 0 aliphatic rings. The number of halogens is 1. The van der Waals surface area contributed by atoms with E-state index in [2.05, 4.69) is 22.1 Å². The predicted molar refractivity (Wildman–Crippen MR) is 104 cm³/mol. The van der Waals surface area contributed by atoms with Gasteiger partial charge in [0.25, 0.3) is 5.91 Å². The molecule has 1 N–H and O–H groups in total. The van der Waals surface area contributed by atoms with E-state index in [4.69, 9.17) is 11.6 Å². The minimum atomic E-state index is -0.0883. The third-order valence-corrected chi connectivity index (χ3v) is 5.46. The largest absolute Gasteiger partial charge is 0.349 e. The minimum Gasteiger partial charge on any atom is -0.349 e. The topological polar surface area (TPSA) is 49.6 Å². The van der Waals surface area contributed by atoms with Gasteiger partial charge in [0.05, 0.1) is 10.7 Å². The van der Waals surface area contributed by atoms with Crippen LogP contribution in [0.2, 0.25) is 5.02 Å². The highest BCUT2D eigenvalue weighted by atomic mass is 35.5. The minimum absolute atomic E-state index is 0.0883. The number of likely N-dealkylation sites (N-methyl/N-ethyl adjacent to an activating group) is 1. The molecule has 25 heavy (non-hydrogen) atoms. The summed E-state index contributed by atoms with van der Waals surface area (Å²) < 4.78 is 1.83. The molecule has 7 heteroatoms. The van der Waals surface area contributed by atoms with E-state index >= 15 is 0 Å². The molecule has 0 aliphatic carbocycles. The van der Waals surface area contributed by atoms with Crippen molar-refractivity contribution in [3.63, 3.8) is 0 Å². The van der Waals surface area contributed by atoms with Crippen molar-refractivity contribution in [1.82, 2.24) is 19.6 Å². The summed E-state index contributed by atoms with van der Waals surface area (Å²) in [5.41, 5.74) is 2.23. The van der Waals surface area contributed by atoms with Crippen molar-refractivity contribution in [2.45, 2.75) is 19.4 Å². The molecule has 2 aromatic heterocycles. The Morgan fingerprint density at radius 2 is 2.16 bits per heavy atom. The number of aromatic nitrogens is 2. The Hall–Kier alpha value is -1.89. The fourth-order valence-corrected chi connectivity index (χ4v) is 3.82. The smallest absolute Gasteiger partial charge is 0.269 e. The van der Waals surface area contributed by atoms with Crippen LogP contribution in [0.25, 0.3) is 16.2 Å². The average Bonchev–Trinajstić information content (AvgIpc) is 3.15. The van der Waals surface area contributed by atoms with Crippen LogP contribution in [0.1, 0.15) is 23.8 Å². The highest BCUT2D eigenvalue weighted by Gasteiger charge is 2.17. The van der Waals surface area contributed by atoms with Crippen molar-refractivity contribution in [2.75, 3.05) is 20.6 Å². The molecule has 132 valence electrons. The third kappa shape index (κ3) is 3.71. The summed E-state index contributed by atoms with van der Waals surface area (Å²) in [5, 5.41) is 5.51. The number of nitrogens with zero attached hydrogens (tertiary/aromatic N) is 3. The quantitative estimate of drug-likeness (QED) is 0.712. The number of rotatable bonds is 6.